The second-order valence-electron chi connectivity index (χ2n) is 4.05. The van der Waals surface area contributed by atoms with Crippen LogP contribution in [0.3, 0.4) is 0 Å². The summed E-state index contributed by atoms with van der Waals surface area (Å²) in [5.74, 6) is -0.218. The number of nitrogens with one attached hydrogen (secondary N) is 1. The van der Waals surface area contributed by atoms with Gasteiger partial charge in [-0.2, -0.15) is 0 Å². The van der Waals surface area contributed by atoms with Gasteiger partial charge in [0.15, 0.2) is 0 Å². The second kappa shape index (κ2) is 7.50. The predicted octanol–water partition coefficient (Wildman–Crippen LogP) is -0.594. The number of carboxylic acid groups (broad SMARTS) is 1. The van der Waals surface area contributed by atoms with Gasteiger partial charge in [-0.15, -0.1) is 0 Å². The van der Waals surface area contributed by atoms with Crippen LogP contribution in [0.5, 0.6) is 5.75 Å². The summed E-state index contributed by atoms with van der Waals surface area (Å²) in [5.41, 5.74) is 1.07. The Balaban J connectivity index is 2.62. The lowest BCUT2D eigenvalue weighted by atomic mass is 10.2. The Hall–Kier alpha value is -1.81. The molecule has 0 spiro atoms. The Bertz CT molecular complexity index is 387. The molecule has 0 bridgehead atoms. The first-order valence-electron chi connectivity index (χ1n) is 6.01. The zero-order chi connectivity index (χ0) is 13.4. The van der Waals surface area contributed by atoms with E-state index < -0.39 is 5.97 Å². The molecule has 0 fully saturated rings. The van der Waals surface area contributed by atoms with E-state index in [0.29, 0.717) is 19.7 Å². The second-order valence-corrected chi connectivity index (χ2v) is 4.05. The third kappa shape index (κ3) is 5.01. The van der Waals surface area contributed by atoms with Crippen molar-refractivity contribution in [2.24, 2.45) is 0 Å². The highest BCUT2D eigenvalue weighted by atomic mass is 16.5. The van der Waals surface area contributed by atoms with Crippen LogP contribution < -0.4 is 14.7 Å². The van der Waals surface area contributed by atoms with Gasteiger partial charge in [0.2, 0.25) is 0 Å². The van der Waals surface area contributed by atoms with Gasteiger partial charge in [-0.25, -0.2) is 0 Å². The summed E-state index contributed by atoms with van der Waals surface area (Å²) in [5, 5.41) is 10.6. The highest BCUT2D eigenvalue weighted by Gasteiger charge is 2.08. The Morgan fingerprint density at radius 1 is 1.44 bits per heavy atom. The zero-order valence-corrected chi connectivity index (χ0v) is 10.6. The number of carboxylic acids is 1. The van der Waals surface area contributed by atoms with Gasteiger partial charge in [0, 0.05) is 5.56 Å². The Labute approximate surface area is 107 Å². The van der Waals surface area contributed by atoms with Crippen LogP contribution in [0.2, 0.25) is 0 Å². The van der Waals surface area contributed by atoms with Gasteiger partial charge in [0.25, 0.3) is 0 Å². The van der Waals surface area contributed by atoms with Crippen molar-refractivity contribution in [3.63, 3.8) is 0 Å². The lowest BCUT2D eigenvalue weighted by Crippen LogP contribution is -3.11. The summed E-state index contributed by atoms with van der Waals surface area (Å²) >= 11 is 0. The molecule has 4 heteroatoms. The van der Waals surface area contributed by atoms with Crippen molar-refractivity contribution in [2.45, 2.75) is 13.5 Å². The minimum absolute atomic E-state index is 0.0147. The molecule has 0 saturated carbocycles. The summed E-state index contributed by atoms with van der Waals surface area (Å²) in [4.78, 5) is 11.5. The number of ether oxygens (including phenoxy) is 1. The molecule has 4 nitrogen and oxygen atoms in total. The van der Waals surface area contributed by atoms with Crippen LogP contribution in [0.25, 0.3) is 0 Å². The molecule has 18 heavy (non-hydrogen) atoms. The van der Waals surface area contributed by atoms with Gasteiger partial charge in [0.05, 0.1) is 19.1 Å². The van der Waals surface area contributed by atoms with Crippen LogP contribution in [0, 0.1) is 0 Å². The van der Waals surface area contributed by atoms with E-state index in [4.69, 9.17) is 4.74 Å². The van der Waals surface area contributed by atoms with E-state index >= 15 is 0 Å². The highest BCUT2D eigenvalue weighted by molar-refractivity contribution is 5.65. The van der Waals surface area contributed by atoms with E-state index in [1.807, 2.05) is 31.2 Å². The topological polar surface area (TPSA) is 53.8 Å². The maximum Gasteiger partial charge on any atom is 0.119 e. The minimum atomic E-state index is -1.04. The summed E-state index contributed by atoms with van der Waals surface area (Å²) in [6.07, 6.45) is 1.72. The molecular weight excluding hydrogens is 230 g/mol. The molecule has 98 valence electrons. The average molecular weight is 249 g/mol. The number of aliphatic carboxylic acids is 1. The summed E-state index contributed by atoms with van der Waals surface area (Å²) < 4.78 is 5.35. The van der Waals surface area contributed by atoms with Crippen LogP contribution in [0.1, 0.15) is 12.5 Å². The van der Waals surface area contributed by atoms with Gasteiger partial charge in [-0.1, -0.05) is 6.58 Å². The number of carbonyl (C=O) groups excluding carboxylic acids is 1. The first kappa shape index (κ1) is 14.3. The van der Waals surface area contributed by atoms with Crippen molar-refractivity contribution in [2.75, 3.05) is 19.7 Å². The average Bonchev–Trinajstić information content (AvgIpc) is 2.31. The Kier molecular flexibility index (Phi) is 5.94. The Morgan fingerprint density at radius 3 is 2.61 bits per heavy atom. The SMILES string of the molecule is C=CC[NH+](CC(=O)[O-])Cc1ccc(OCC)cc1. The lowest BCUT2D eigenvalue weighted by molar-refractivity contribution is -0.902. The molecule has 1 aromatic carbocycles. The molecular formula is C14H19NO3. The number of hydrogen-bond acceptors (Lipinski definition) is 3. The van der Waals surface area contributed by atoms with E-state index in [1.54, 1.807) is 6.08 Å². The molecule has 0 heterocycles. The molecule has 0 aliphatic rings. The molecule has 1 atom stereocenters. The maximum absolute atomic E-state index is 10.6. The smallest absolute Gasteiger partial charge is 0.119 e. The van der Waals surface area contributed by atoms with Crippen LogP contribution in [0.15, 0.2) is 36.9 Å². The van der Waals surface area contributed by atoms with Crippen molar-refractivity contribution < 1.29 is 19.5 Å². The quantitative estimate of drug-likeness (QED) is 0.626. The molecule has 1 unspecified atom stereocenters. The van der Waals surface area contributed by atoms with Crippen molar-refractivity contribution in [1.82, 2.24) is 0 Å². The van der Waals surface area contributed by atoms with E-state index in [2.05, 4.69) is 6.58 Å². The van der Waals surface area contributed by atoms with Gasteiger partial charge in [-0.3, -0.25) is 0 Å². The molecule has 0 aliphatic carbocycles. The number of quaternary nitrogens is 1. The molecule has 0 radical (unpaired) electrons. The standard InChI is InChI=1S/C14H19NO3/c1-3-9-15(11-14(16)17)10-12-5-7-13(8-6-12)18-4-2/h3,5-8H,1,4,9-11H2,2H3,(H,16,17). The molecule has 0 amide bonds. The molecule has 0 aromatic heterocycles. The first-order valence-corrected chi connectivity index (χ1v) is 6.01. The molecule has 0 aliphatic heterocycles. The zero-order valence-electron chi connectivity index (χ0n) is 10.6. The molecule has 1 aromatic rings. The fourth-order valence-corrected chi connectivity index (χ4v) is 1.77. The number of benzene rings is 1. The van der Waals surface area contributed by atoms with Gasteiger partial charge in [-0.05, 0) is 37.3 Å². The van der Waals surface area contributed by atoms with Gasteiger partial charge in [0.1, 0.15) is 18.8 Å². The van der Waals surface area contributed by atoms with Crippen LogP contribution in [-0.4, -0.2) is 25.7 Å². The largest absolute Gasteiger partial charge is 0.544 e. The van der Waals surface area contributed by atoms with E-state index in [1.165, 1.54) is 0 Å². The normalized spacial score (nSPS) is 11.8. The van der Waals surface area contributed by atoms with Gasteiger partial charge >= 0.3 is 0 Å². The van der Waals surface area contributed by atoms with Crippen molar-refractivity contribution in [1.29, 1.82) is 0 Å². The van der Waals surface area contributed by atoms with Crippen molar-refractivity contribution in [3.05, 3.63) is 42.5 Å². The van der Waals surface area contributed by atoms with Gasteiger partial charge < -0.3 is 19.5 Å². The predicted molar refractivity (Wildman–Crippen MR) is 67.2 cm³/mol. The molecule has 1 N–H and O–H groups in total. The Morgan fingerprint density at radius 2 is 2.11 bits per heavy atom. The first-order chi connectivity index (χ1) is 8.65. The monoisotopic (exact) mass is 249 g/mol. The van der Waals surface area contributed by atoms with Crippen molar-refractivity contribution in [3.8, 4) is 5.75 Å². The molecule has 1 rings (SSSR count). The van der Waals surface area contributed by atoms with E-state index in [-0.39, 0.29) is 6.54 Å². The fourth-order valence-electron chi connectivity index (χ4n) is 1.77. The van der Waals surface area contributed by atoms with E-state index in [9.17, 15) is 9.90 Å². The maximum atomic E-state index is 10.6. The minimum Gasteiger partial charge on any atom is -0.544 e. The van der Waals surface area contributed by atoms with Crippen molar-refractivity contribution >= 4 is 5.97 Å². The van der Waals surface area contributed by atoms with E-state index in [0.717, 1.165) is 16.2 Å². The summed E-state index contributed by atoms with van der Waals surface area (Å²) in [6, 6.07) is 7.68. The summed E-state index contributed by atoms with van der Waals surface area (Å²) in [6.45, 7) is 7.42. The third-order valence-electron chi connectivity index (χ3n) is 2.52. The fraction of sp³-hybridized carbons (Fsp3) is 0.357. The third-order valence-corrected chi connectivity index (χ3v) is 2.52. The number of rotatable bonds is 8. The van der Waals surface area contributed by atoms with Crippen LogP contribution in [0.4, 0.5) is 0 Å². The highest BCUT2D eigenvalue weighted by Crippen LogP contribution is 2.11. The summed E-state index contributed by atoms with van der Waals surface area (Å²) in [7, 11) is 0. The molecule has 0 saturated heterocycles. The number of hydrogen-bond donors (Lipinski definition) is 1. The number of carbonyl (C=O) groups is 1. The lowest BCUT2D eigenvalue weighted by Gasteiger charge is -2.18. The van der Waals surface area contributed by atoms with Crippen LogP contribution >= 0.6 is 0 Å². The van der Waals surface area contributed by atoms with Crippen LogP contribution in [-0.2, 0) is 11.3 Å².